The number of carboxylic acid groups (broad SMARTS) is 1. The maximum atomic E-state index is 12.6. The van der Waals surface area contributed by atoms with E-state index < -0.39 is 54.5 Å². The minimum atomic E-state index is -1.30. The van der Waals surface area contributed by atoms with E-state index in [4.69, 9.17) is 11.5 Å². The molecule has 0 aromatic rings. The van der Waals surface area contributed by atoms with E-state index >= 15 is 0 Å². The van der Waals surface area contributed by atoms with Gasteiger partial charge in [-0.2, -0.15) is 11.8 Å². The van der Waals surface area contributed by atoms with Crippen LogP contribution in [0.3, 0.4) is 0 Å². The number of rotatable bonds is 16. The van der Waals surface area contributed by atoms with Crippen molar-refractivity contribution < 1.29 is 29.4 Å². The molecule has 0 saturated carbocycles. The highest BCUT2D eigenvalue weighted by Gasteiger charge is 2.31. The molecule has 0 aromatic heterocycles. The number of nitrogens with one attached hydrogen (secondary N) is 3. The number of carbonyl (C=O) groups is 4. The van der Waals surface area contributed by atoms with Crippen LogP contribution in [-0.4, -0.2) is 83.2 Å². The fourth-order valence-electron chi connectivity index (χ4n) is 2.66. The molecule has 3 amide bonds. The molecule has 0 aliphatic heterocycles. The molecule has 180 valence electrons. The summed E-state index contributed by atoms with van der Waals surface area (Å²) in [5.41, 5.74) is 11.2. The number of aliphatic hydroxyl groups excluding tert-OH is 1. The van der Waals surface area contributed by atoms with Crippen LogP contribution in [0.25, 0.3) is 0 Å². The Morgan fingerprint density at radius 1 is 0.935 bits per heavy atom. The molecule has 12 heteroatoms. The third-order valence-corrected chi connectivity index (χ3v) is 5.24. The van der Waals surface area contributed by atoms with Crippen molar-refractivity contribution in [3.05, 3.63) is 0 Å². The molecule has 0 heterocycles. The van der Waals surface area contributed by atoms with Gasteiger partial charge in [0.2, 0.25) is 17.7 Å². The van der Waals surface area contributed by atoms with Gasteiger partial charge in [-0.05, 0) is 43.7 Å². The Labute approximate surface area is 187 Å². The normalized spacial score (nSPS) is 14.9. The lowest BCUT2D eigenvalue weighted by Gasteiger charge is -2.26. The van der Waals surface area contributed by atoms with Crippen LogP contribution in [-0.2, 0) is 19.2 Å². The first-order valence-electron chi connectivity index (χ1n) is 10.3. The number of thioether (sulfide) groups is 1. The molecule has 0 rings (SSSR count). The molecule has 9 N–H and O–H groups in total. The van der Waals surface area contributed by atoms with Gasteiger partial charge in [0.05, 0.1) is 12.6 Å². The number of unbranched alkanes of at least 4 members (excludes halogenated alkanes) is 1. The second kappa shape index (κ2) is 15.8. The van der Waals surface area contributed by atoms with E-state index in [1.54, 1.807) is 13.8 Å². The van der Waals surface area contributed by atoms with Crippen molar-refractivity contribution in [1.29, 1.82) is 0 Å². The summed E-state index contributed by atoms with van der Waals surface area (Å²) in [6.07, 6.45) is 3.80. The van der Waals surface area contributed by atoms with E-state index in [0.717, 1.165) is 0 Å². The van der Waals surface area contributed by atoms with Crippen LogP contribution in [0.15, 0.2) is 0 Å². The molecular formula is C19H37N5O6S. The third-order valence-electron chi connectivity index (χ3n) is 4.59. The second-order valence-corrected chi connectivity index (χ2v) is 8.53. The number of aliphatic carboxylic acids is 1. The van der Waals surface area contributed by atoms with Gasteiger partial charge >= 0.3 is 5.97 Å². The lowest BCUT2D eigenvalue weighted by Crippen LogP contribution is -2.59. The molecule has 0 bridgehead atoms. The van der Waals surface area contributed by atoms with Crippen LogP contribution in [0.5, 0.6) is 0 Å². The number of hydrogen-bond acceptors (Lipinski definition) is 8. The Morgan fingerprint density at radius 2 is 1.55 bits per heavy atom. The van der Waals surface area contributed by atoms with Crippen molar-refractivity contribution in [2.45, 2.75) is 63.7 Å². The van der Waals surface area contributed by atoms with Crippen molar-refractivity contribution in [3.8, 4) is 0 Å². The van der Waals surface area contributed by atoms with Crippen molar-refractivity contribution in [3.63, 3.8) is 0 Å². The third kappa shape index (κ3) is 11.3. The molecular weight excluding hydrogens is 426 g/mol. The van der Waals surface area contributed by atoms with Crippen LogP contribution < -0.4 is 27.4 Å². The van der Waals surface area contributed by atoms with Gasteiger partial charge in [-0.1, -0.05) is 20.3 Å². The van der Waals surface area contributed by atoms with Crippen LogP contribution in [0.2, 0.25) is 0 Å². The van der Waals surface area contributed by atoms with E-state index in [0.29, 0.717) is 31.6 Å². The molecule has 0 fully saturated rings. The van der Waals surface area contributed by atoms with E-state index in [1.165, 1.54) is 11.8 Å². The van der Waals surface area contributed by atoms with E-state index in [2.05, 4.69) is 16.0 Å². The Morgan fingerprint density at radius 3 is 2.03 bits per heavy atom. The maximum absolute atomic E-state index is 12.6. The van der Waals surface area contributed by atoms with E-state index in [1.807, 2.05) is 6.26 Å². The SMILES string of the molecule is CSCCC(NC(=O)C(NC(=O)C(CO)NC(=O)C(N)CCCCN)C(C)C)C(=O)O. The number of amides is 3. The van der Waals surface area contributed by atoms with E-state index in [9.17, 15) is 29.4 Å². The molecule has 0 aromatic carbocycles. The molecule has 31 heavy (non-hydrogen) atoms. The van der Waals surface area contributed by atoms with Gasteiger partial charge in [0, 0.05) is 0 Å². The topological polar surface area (TPSA) is 197 Å². The van der Waals surface area contributed by atoms with Gasteiger partial charge in [-0.15, -0.1) is 0 Å². The Hall–Kier alpha value is -1.89. The minimum Gasteiger partial charge on any atom is -0.480 e. The smallest absolute Gasteiger partial charge is 0.326 e. The van der Waals surface area contributed by atoms with Gasteiger partial charge < -0.3 is 37.6 Å². The van der Waals surface area contributed by atoms with Crippen LogP contribution in [0.4, 0.5) is 0 Å². The average molecular weight is 464 g/mol. The summed E-state index contributed by atoms with van der Waals surface area (Å²) in [6, 6.07) is -4.29. The molecule has 4 atom stereocenters. The molecule has 0 aliphatic carbocycles. The fourth-order valence-corrected chi connectivity index (χ4v) is 3.13. The lowest BCUT2D eigenvalue weighted by atomic mass is 10.0. The molecule has 11 nitrogen and oxygen atoms in total. The predicted molar refractivity (Wildman–Crippen MR) is 119 cm³/mol. The number of carbonyl (C=O) groups excluding carboxylic acids is 3. The summed E-state index contributed by atoms with van der Waals surface area (Å²) in [7, 11) is 0. The van der Waals surface area contributed by atoms with E-state index in [-0.39, 0.29) is 12.3 Å². The zero-order valence-electron chi connectivity index (χ0n) is 18.4. The van der Waals surface area contributed by atoms with Crippen molar-refractivity contribution in [2.24, 2.45) is 17.4 Å². The summed E-state index contributed by atoms with van der Waals surface area (Å²) in [6.45, 7) is 3.16. The number of nitrogens with two attached hydrogens (primary N) is 2. The Balaban J connectivity index is 5.04. The largest absolute Gasteiger partial charge is 0.480 e. The van der Waals surface area contributed by atoms with Gasteiger partial charge in [-0.25, -0.2) is 4.79 Å². The van der Waals surface area contributed by atoms with Gasteiger partial charge in [0.1, 0.15) is 18.1 Å². The highest BCUT2D eigenvalue weighted by atomic mass is 32.2. The number of carboxylic acids is 1. The standard InChI is InChI=1S/C19H37N5O6S/c1-11(2)15(18(28)22-13(19(29)30)7-9-31-3)24-17(27)14(10-25)23-16(26)12(21)6-4-5-8-20/h11-15,25H,4-10,20-21H2,1-3H3,(H,22,28)(H,23,26)(H,24,27)(H,29,30). The first kappa shape index (κ1) is 29.1. The van der Waals surface area contributed by atoms with Crippen LogP contribution in [0.1, 0.15) is 39.5 Å². The summed E-state index contributed by atoms with van der Waals surface area (Å²) >= 11 is 1.45. The van der Waals surface area contributed by atoms with Crippen LogP contribution in [0, 0.1) is 5.92 Å². The van der Waals surface area contributed by atoms with Crippen molar-refractivity contribution in [1.82, 2.24) is 16.0 Å². The minimum absolute atomic E-state index is 0.234. The molecule has 0 radical (unpaired) electrons. The number of hydrogen-bond donors (Lipinski definition) is 7. The first-order valence-corrected chi connectivity index (χ1v) is 11.7. The second-order valence-electron chi connectivity index (χ2n) is 7.55. The Kier molecular flexibility index (Phi) is 14.9. The van der Waals surface area contributed by atoms with Crippen molar-refractivity contribution in [2.75, 3.05) is 25.2 Å². The van der Waals surface area contributed by atoms with Crippen molar-refractivity contribution >= 4 is 35.5 Å². The summed E-state index contributed by atoms with van der Waals surface area (Å²) in [5, 5.41) is 26.1. The lowest BCUT2D eigenvalue weighted by molar-refractivity contribution is -0.142. The average Bonchev–Trinajstić information content (AvgIpc) is 2.72. The zero-order chi connectivity index (χ0) is 24.0. The summed E-state index contributed by atoms with van der Waals surface area (Å²) in [4.78, 5) is 48.7. The van der Waals surface area contributed by atoms with Gasteiger partial charge in [0.15, 0.2) is 0 Å². The van der Waals surface area contributed by atoms with Gasteiger partial charge in [0.25, 0.3) is 0 Å². The highest BCUT2D eigenvalue weighted by molar-refractivity contribution is 7.98. The highest BCUT2D eigenvalue weighted by Crippen LogP contribution is 2.06. The zero-order valence-corrected chi connectivity index (χ0v) is 19.2. The molecule has 0 aliphatic rings. The predicted octanol–water partition coefficient (Wildman–Crippen LogP) is -1.62. The summed E-state index contributed by atoms with van der Waals surface area (Å²) < 4.78 is 0. The first-order chi connectivity index (χ1) is 14.6. The quantitative estimate of drug-likeness (QED) is 0.132. The summed E-state index contributed by atoms with van der Waals surface area (Å²) in [5.74, 6) is -3.01. The molecule has 4 unspecified atom stereocenters. The molecule has 0 saturated heterocycles. The van der Waals surface area contributed by atoms with Crippen LogP contribution >= 0.6 is 11.8 Å². The Bertz CT molecular complexity index is 592. The fraction of sp³-hybridized carbons (Fsp3) is 0.789. The van der Waals surface area contributed by atoms with Gasteiger partial charge in [-0.3, -0.25) is 14.4 Å². The maximum Gasteiger partial charge on any atom is 0.326 e. The molecule has 0 spiro atoms. The number of aliphatic hydroxyl groups is 1. The monoisotopic (exact) mass is 463 g/mol.